The van der Waals surface area contributed by atoms with Crippen LogP contribution < -0.4 is 0 Å². The number of carbonyl (C=O) groups is 1. The number of ether oxygens (including phenoxy) is 8. The summed E-state index contributed by atoms with van der Waals surface area (Å²) in [4.78, 5) is 12.5. The number of quaternary nitrogens is 3. The van der Waals surface area contributed by atoms with Crippen LogP contribution in [0.3, 0.4) is 0 Å². The van der Waals surface area contributed by atoms with Gasteiger partial charge in [0.25, 0.3) is 0 Å². The number of nitrogens with zero attached hydrogens (tertiary/aromatic N) is 3. The van der Waals surface area contributed by atoms with Gasteiger partial charge in [-0.1, -0.05) is 20.8 Å². The monoisotopic (exact) mass is 905 g/mol. The lowest BCUT2D eigenvalue weighted by molar-refractivity contribution is -0.873. The molecule has 0 aromatic heterocycles. The van der Waals surface area contributed by atoms with E-state index in [1.54, 1.807) is 6.92 Å². The van der Waals surface area contributed by atoms with E-state index in [0.717, 1.165) is 0 Å². The molecule has 372 valence electrons. The third-order valence-electron chi connectivity index (χ3n) is 9.53. The Kier molecular flexibility index (Phi) is 31.9. The topological polar surface area (TPSA) is 212 Å². The van der Waals surface area contributed by atoms with Crippen molar-refractivity contribution in [1.82, 2.24) is 0 Å². The maximum atomic E-state index is 12.5. The van der Waals surface area contributed by atoms with Gasteiger partial charge in [-0.2, -0.15) is 0 Å². The lowest BCUT2D eigenvalue weighted by Gasteiger charge is -2.30. The van der Waals surface area contributed by atoms with Crippen LogP contribution in [-0.2, 0) is 42.7 Å². The second-order valence-electron chi connectivity index (χ2n) is 19.9. The molecule has 0 spiro atoms. The molecule has 0 rings (SSSR count). The number of likely N-dealkylation sites (N-methyl/N-ethyl adjacent to an activating group) is 3. The van der Waals surface area contributed by atoms with Crippen molar-refractivity contribution >= 4 is 5.97 Å². The molecule has 0 aromatic carbocycles. The molecule has 18 heteroatoms. The lowest BCUT2D eigenvalue weighted by atomic mass is 10.00. The van der Waals surface area contributed by atoms with E-state index >= 15 is 0 Å². The molecule has 0 heterocycles. The van der Waals surface area contributed by atoms with E-state index in [-0.39, 0.29) is 97.5 Å². The molecule has 0 aliphatic rings. The maximum absolute atomic E-state index is 12.5. The standard InChI is InChI=1S/C44H94N3O15/c1-14-38(18-34(50)19-40(62-44(54)16-3)17-33(4)60-39(15-2)31-58-41(23-48)24-49)61-43(30-57-27-37(53)22-47(11,12)13)32-59-42(28-55-25-35(51)20-45(5,6)7)29-56-26-36(52)21-46(8,9)10/h33-43,48-53H,14-32H2,1-13H3/q+3. The van der Waals surface area contributed by atoms with Gasteiger partial charge in [-0.25, -0.2) is 0 Å². The minimum Gasteiger partial charge on any atom is -0.462 e. The number of hydrogen-bond acceptors (Lipinski definition) is 15. The highest BCUT2D eigenvalue weighted by molar-refractivity contribution is 5.69. The van der Waals surface area contributed by atoms with Gasteiger partial charge in [-0.05, 0) is 26.2 Å². The van der Waals surface area contributed by atoms with E-state index in [4.69, 9.17) is 37.9 Å². The summed E-state index contributed by atoms with van der Waals surface area (Å²) in [6.07, 6.45) is -4.60. The zero-order valence-corrected chi connectivity index (χ0v) is 41.0. The van der Waals surface area contributed by atoms with Crippen LogP contribution in [0.2, 0.25) is 0 Å². The molecule has 0 aliphatic carbocycles. The molecule has 0 saturated carbocycles. The summed E-state index contributed by atoms with van der Waals surface area (Å²) in [5.74, 6) is -0.392. The third kappa shape index (κ3) is 34.2. The van der Waals surface area contributed by atoms with Crippen LogP contribution >= 0.6 is 0 Å². The lowest BCUT2D eigenvalue weighted by Crippen LogP contribution is -2.44. The molecule has 0 saturated heterocycles. The molecule has 6 N–H and O–H groups in total. The van der Waals surface area contributed by atoms with Crippen molar-refractivity contribution in [2.75, 3.05) is 149 Å². The first-order valence-electron chi connectivity index (χ1n) is 22.6. The Labute approximate surface area is 374 Å². The molecule has 18 nitrogen and oxygen atoms in total. The van der Waals surface area contributed by atoms with Crippen molar-refractivity contribution in [1.29, 1.82) is 0 Å². The van der Waals surface area contributed by atoms with Gasteiger partial charge >= 0.3 is 5.97 Å². The number of carbonyl (C=O) groups excluding carboxylic acids is 1. The van der Waals surface area contributed by atoms with Gasteiger partial charge < -0.3 is 82.0 Å². The summed E-state index contributed by atoms with van der Waals surface area (Å²) >= 11 is 0. The fraction of sp³-hybridized carbons (Fsp3) is 0.977. The largest absolute Gasteiger partial charge is 0.462 e. The maximum Gasteiger partial charge on any atom is 0.305 e. The summed E-state index contributed by atoms with van der Waals surface area (Å²) in [6, 6.07) is 0. The fourth-order valence-electron chi connectivity index (χ4n) is 6.75. The molecule has 9 unspecified atom stereocenters. The van der Waals surface area contributed by atoms with E-state index in [0.29, 0.717) is 52.3 Å². The second-order valence-corrected chi connectivity index (χ2v) is 19.9. The van der Waals surface area contributed by atoms with E-state index in [2.05, 4.69) is 0 Å². The molecule has 9 atom stereocenters. The smallest absolute Gasteiger partial charge is 0.305 e. The van der Waals surface area contributed by atoms with Crippen molar-refractivity contribution in [3.63, 3.8) is 0 Å². The van der Waals surface area contributed by atoms with Crippen molar-refractivity contribution in [3.05, 3.63) is 0 Å². The molecular formula is C44H94N3O15+3. The first-order chi connectivity index (χ1) is 28.8. The number of rotatable bonds is 40. The Balaban J connectivity index is 5.97. The highest BCUT2D eigenvalue weighted by Gasteiger charge is 2.28. The summed E-state index contributed by atoms with van der Waals surface area (Å²) in [5.41, 5.74) is 0. The molecule has 0 aromatic rings. The van der Waals surface area contributed by atoms with Gasteiger partial charge in [-0.3, -0.25) is 4.79 Å². The summed E-state index contributed by atoms with van der Waals surface area (Å²) in [5, 5.41) is 61.9. The van der Waals surface area contributed by atoms with Gasteiger partial charge in [0.15, 0.2) is 0 Å². The summed E-state index contributed by atoms with van der Waals surface area (Å²) < 4.78 is 49.9. The Morgan fingerprint density at radius 2 is 0.871 bits per heavy atom. The van der Waals surface area contributed by atoms with Crippen LogP contribution in [0.4, 0.5) is 0 Å². The van der Waals surface area contributed by atoms with Gasteiger partial charge in [0.1, 0.15) is 62.4 Å². The zero-order chi connectivity index (χ0) is 47.5. The van der Waals surface area contributed by atoms with Gasteiger partial charge in [0, 0.05) is 19.3 Å². The SMILES string of the molecule is CCC(=O)OC(CC(O)CC(CC)OC(COCC(O)C[N+](C)(C)C)COC(COCC(O)C[N+](C)(C)C)COCC(O)C[N+](C)(C)C)CC(C)OC(CC)COC(CO)CO. The Morgan fingerprint density at radius 1 is 0.468 bits per heavy atom. The molecule has 62 heavy (non-hydrogen) atoms. The van der Waals surface area contributed by atoms with Crippen molar-refractivity contribution < 1.29 is 86.8 Å². The van der Waals surface area contributed by atoms with Crippen LogP contribution in [0.25, 0.3) is 0 Å². The average molecular weight is 905 g/mol. The highest BCUT2D eigenvalue weighted by Crippen LogP contribution is 2.21. The summed E-state index contributed by atoms with van der Waals surface area (Å²) in [6.45, 7) is 9.16. The summed E-state index contributed by atoms with van der Waals surface area (Å²) in [7, 11) is 17.9. The molecule has 0 bridgehead atoms. The van der Waals surface area contributed by atoms with Crippen molar-refractivity contribution in [2.45, 2.75) is 133 Å². The first-order valence-corrected chi connectivity index (χ1v) is 22.6. The number of hydrogen-bond donors (Lipinski definition) is 6. The number of aliphatic hydroxyl groups excluding tert-OH is 6. The zero-order valence-electron chi connectivity index (χ0n) is 41.0. The predicted octanol–water partition coefficient (Wildman–Crippen LogP) is 0.193. The highest BCUT2D eigenvalue weighted by atomic mass is 16.6. The quantitative estimate of drug-likeness (QED) is 0.0358. The minimum atomic E-state index is -0.901. The van der Waals surface area contributed by atoms with Crippen LogP contribution in [0.5, 0.6) is 0 Å². The van der Waals surface area contributed by atoms with Crippen molar-refractivity contribution in [2.24, 2.45) is 0 Å². The van der Waals surface area contributed by atoms with Crippen LogP contribution in [0.1, 0.15) is 66.2 Å². The van der Waals surface area contributed by atoms with E-state index in [1.807, 2.05) is 84.2 Å². The number of aliphatic hydroxyl groups is 6. The normalized spacial score (nSPS) is 17.9. The van der Waals surface area contributed by atoms with Crippen LogP contribution in [0, 0.1) is 0 Å². The Bertz CT molecular complexity index is 1070. The molecule has 0 aliphatic heterocycles. The van der Waals surface area contributed by atoms with Gasteiger partial charge in [-0.15, -0.1) is 0 Å². The van der Waals surface area contributed by atoms with Gasteiger partial charge in [0.2, 0.25) is 0 Å². The minimum absolute atomic E-state index is 0.0591. The third-order valence-corrected chi connectivity index (χ3v) is 9.53. The number of esters is 1. The predicted molar refractivity (Wildman–Crippen MR) is 236 cm³/mol. The Morgan fingerprint density at radius 3 is 1.27 bits per heavy atom. The second kappa shape index (κ2) is 32.5. The molecule has 0 fully saturated rings. The Hall–Kier alpha value is -1.17. The van der Waals surface area contributed by atoms with Crippen molar-refractivity contribution in [3.8, 4) is 0 Å². The van der Waals surface area contributed by atoms with Crippen LogP contribution in [-0.4, -0.2) is 266 Å². The molecule has 0 amide bonds. The fourth-order valence-corrected chi connectivity index (χ4v) is 6.75. The molecular weight excluding hydrogens is 810 g/mol. The van der Waals surface area contributed by atoms with E-state index in [9.17, 15) is 35.4 Å². The molecule has 0 radical (unpaired) electrons. The van der Waals surface area contributed by atoms with Crippen LogP contribution in [0.15, 0.2) is 0 Å². The van der Waals surface area contributed by atoms with Gasteiger partial charge in [0.05, 0.1) is 154 Å². The van der Waals surface area contributed by atoms with E-state index in [1.165, 1.54) is 0 Å². The first kappa shape index (κ1) is 60.8. The van der Waals surface area contributed by atoms with E-state index < -0.39 is 60.9 Å². The average Bonchev–Trinajstić information content (AvgIpc) is 3.13.